The Kier molecular flexibility index (Phi) is 4.65. The quantitative estimate of drug-likeness (QED) is 0.855. The van der Waals surface area contributed by atoms with Crippen LogP contribution in [0.1, 0.15) is 20.3 Å². The van der Waals surface area contributed by atoms with Crippen LogP contribution in [0.3, 0.4) is 0 Å². The second-order valence-electron chi connectivity index (χ2n) is 5.13. The summed E-state index contributed by atoms with van der Waals surface area (Å²) in [6, 6.07) is 6.32. The van der Waals surface area contributed by atoms with Gasteiger partial charge in [-0.1, -0.05) is 6.92 Å². The predicted molar refractivity (Wildman–Crippen MR) is 78.9 cm³/mol. The van der Waals surface area contributed by atoms with Crippen LogP contribution in [-0.4, -0.2) is 44.2 Å². The van der Waals surface area contributed by atoms with Gasteiger partial charge in [0.1, 0.15) is 5.82 Å². The molecule has 1 atom stereocenters. The van der Waals surface area contributed by atoms with Crippen LogP contribution in [0.15, 0.2) is 24.3 Å². The second kappa shape index (κ2) is 6.10. The largest absolute Gasteiger partial charge is 0.369 e. The predicted octanol–water partition coefficient (Wildman–Crippen LogP) is 2.08. The van der Waals surface area contributed by atoms with Crippen molar-refractivity contribution in [3.8, 4) is 0 Å². The fraction of sp³-hybridized carbons (Fsp3) is 0.571. The lowest BCUT2D eigenvalue weighted by Gasteiger charge is -2.36. The molecule has 112 valence electrons. The summed E-state index contributed by atoms with van der Waals surface area (Å²) in [6.45, 7) is 5.90. The van der Waals surface area contributed by atoms with Gasteiger partial charge in [0.2, 0.25) is 10.0 Å². The van der Waals surface area contributed by atoms with Gasteiger partial charge in [0.15, 0.2) is 0 Å². The normalized spacial score (nSPS) is 19.1. The molecule has 0 N–H and O–H groups in total. The molecule has 1 aromatic rings. The first-order valence-corrected chi connectivity index (χ1v) is 8.45. The van der Waals surface area contributed by atoms with E-state index in [0.717, 1.165) is 5.69 Å². The minimum atomic E-state index is -3.18. The summed E-state index contributed by atoms with van der Waals surface area (Å²) >= 11 is 0. The van der Waals surface area contributed by atoms with E-state index >= 15 is 0 Å². The molecule has 20 heavy (non-hydrogen) atoms. The molecule has 0 amide bonds. The van der Waals surface area contributed by atoms with Crippen molar-refractivity contribution in [1.82, 2.24) is 4.31 Å². The lowest BCUT2D eigenvalue weighted by molar-refractivity contribution is 0.379. The van der Waals surface area contributed by atoms with E-state index in [1.165, 1.54) is 12.1 Å². The summed E-state index contributed by atoms with van der Waals surface area (Å²) in [4.78, 5) is 2.09. The molecular formula is C14H21FN2O2S. The van der Waals surface area contributed by atoms with Gasteiger partial charge in [-0.2, -0.15) is 4.31 Å². The highest BCUT2D eigenvalue weighted by Gasteiger charge is 2.30. The van der Waals surface area contributed by atoms with E-state index in [1.54, 1.807) is 23.4 Å². The molecule has 0 unspecified atom stereocenters. The van der Waals surface area contributed by atoms with Gasteiger partial charge >= 0.3 is 0 Å². The van der Waals surface area contributed by atoms with Crippen LogP contribution >= 0.6 is 0 Å². The molecule has 0 aromatic heterocycles. The molecule has 1 aliphatic rings. The van der Waals surface area contributed by atoms with Gasteiger partial charge in [-0.25, -0.2) is 12.8 Å². The number of anilines is 1. The molecule has 1 aromatic carbocycles. The highest BCUT2D eigenvalue weighted by Crippen LogP contribution is 2.20. The Morgan fingerprint density at radius 3 is 2.20 bits per heavy atom. The van der Waals surface area contributed by atoms with Crippen molar-refractivity contribution in [1.29, 1.82) is 0 Å². The molecule has 4 nitrogen and oxygen atoms in total. The molecule has 0 saturated carbocycles. The van der Waals surface area contributed by atoms with E-state index in [-0.39, 0.29) is 11.1 Å². The van der Waals surface area contributed by atoms with Gasteiger partial charge in [-0.05, 0) is 37.6 Å². The number of hydrogen-bond acceptors (Lipinski definition) is 3. The van der Waals surface area contributed by atoms with E-state index in [4.69, 9.17) is 0 Å². The van der Waals surface area contributed by atoms with E-state index in [2.05, 4.69) is 4.90 Å². The first kappa shape index (κ1) is 15.3. The van der Waals surface area contributed by atoms with Crippen molar-refractivity contribution in [2.24, 2.45) is 0 Å². The molecule has 0 bridgehead atoms. The molecule has 0 spiro atoms. The minimum absolute atomic E-state index is 0.258. The number of nitrogens with zero attached hydrogens (tertiary/aromatic N) is 2. The van der Waals surface area contributed by atoms with Gasteiger partial charge in [-0.3, -0.25) is 0 Å². The van der Waals surface area contributed by atoms with Crippen LogP contribution in [0.4, 0.5) is 10.1 Å². The fourth-order valence-corrected chi connectivity index (χ4v) is 3.92. The standard InChI is InChI=1S/C14H21FN2O2S/c1-3-12(2)20(18,19)17-10-8-16(9-11-17)14-6-4-13(15)5-7-14/h4-7,12H,3,8-11H2,1-2H3/t12-/m1/s1. The summed E-state index contributed by atoms with van der Waals surface area (Å²) in [5.74, 6) is -0.258. The zero-order valence-corrected chi connectivity index (χ0v) is 12.7. The average Bonchev–Trinajstić information content (AvgIpc) is 2.47. The molecule has 1 fully saturated rings. The number of rotatable bonds is 4. The summed E-state index contributed by atoms with van der Waals surface area (Å²) in [7, 11) is -3.18. The number of halogens is 1. The van der Waals surface area contributed by atoms with Crippen LogP contribution in [0, 0.1) is 5.82 Å². The van der Waals surface area contributed by atoms with Crippen LogP contribution in [0.2, 0.25) is 0 Å². The van der Waals surface area contributed by atoms with Crippen molar-refractivity contribution >= 4 is 15.7 Å². The monoisotopic (exact) mass is 300 g/mol. The zero-order valence-electron chi connectivity index (χ0n) is 11.9. The molecule has 1 aliphatic heterocycles. The summed E-state index contributed by atoms with van der Waals surface area (Å²) in [5.41, 5.74) is 0.937. The van der Waals surface area contributed by atoms with Gasteiger partial charge in [0, 0.05) is 31.9 Å². The van der Waals surface area contributed by atoms with Gasteiger partial charge in [0.25, 0.3) is 0 Å². The van der Waals surface area contributed by atoms with Crippen LogP contribution < -0.4 is 4.90 Å². The highest BCUT2D eigenvalue weighted by atomic mass is 32.2. The Hall–Kier alpha value is -1.14. The topological polar surface area (TPSA) is 40.6 Å². The van der Waals surface area contributed by atoms with E-state index < -0.39 is 10.0 Å². The van der Waals surface area contributed by atoms with Crippen molar-refractivity contribution in [3.63, 3.8) is 0 Å². The van der Waals surface area contributed by atoms with Crippen molar-refractivity contribution in [2.75, 3.05) is 31.1 Å². The molecule has 0 aliphatic carbocycles. The highest BCUT2D eigenvalue weighted by molar-refractivity contribution is 7.89. The average molecular weight is 300 g/mol. The smallest absolute Gasteiger partial charge is 0.216 e. The maximum atomic E-state index is 12.9. The maximum absolute atomic E-state index is 12.9. The Balaban J connectivity index is 2.01. The zero-order chi connectivity index (χ0) is 14.8. The fourth-order valence-electron chi connectivity index (χ4n) is 2.32. The number of sulfonamides is 1. The van der Waals surface area contributed by atoms with E-state index in [0.29, 0.717) is 32.6 Å². The number of piperazine rings is 1. The first-order chi connectivity index (χ1) is 9.45. The molecule has 0 radical (unpaired) electrons. The molecule has 1 heterocycles. The molecular weight excluding hydrogens is 279 g/mol. The lowest BCUT2D eigenvalue weighted by Crippen LogP contribution is -2.50. The van der Waals surface area contributed by atoms with Crippen LogP contribution in [-0.2, 0) is 10.0 Å². The van der Waals surface area contributed by atoms with Gasteiger partial charge < -0.3 is 4.90 Å². The molecule has 6 heteroatoms. The van der Waals surface area contributed by atoms with Gasteiger partial charge in [0.05, 0.1) is 5.25 Å². The van der Waals surface area contributed by atoms with E-state index in [9.17, 15) is 12.8 Å². The Labute approximate surface area is 120 Å². The Morgan fingerprint density at radius 1 is 1.15 bits per heavy atom. The maximum Gasteiger partial charge on any atom is 0.216 e. The van der Waals surface area contributed by atoms with Crippen molar-refractivity contribution in [3.05, 3.63) is 30.1 Å². The Bertz CT molecular complexity index is 537. The SMILES string of the molecule is CC[C@@H](C)S(=O)(=O)N1CCN(c2ccc(F)cc2)CC1. The molecule has 1 saturated heterocycles. The Morgan fingerprint density at radius 2 is 1.70 bits per heavy atom. The lowest BCUT2D eigenvalue weighted by atomic mass is 10.2. The molecule has 2 rings (SSSR count). The van der Waals surface area contributed by atoms with Crippen molar-refractivity contribution in [2.45, 2.75) is 25.5 Å². The van der Waals surface area contributed by atoms with Gasteiger partial charge in [-0.15, -0.1) is 0 Å². The summed E-state index contributed by atoms with van der Waals surface area (Å²) < 4.78 is 39.0. The number of benzene rings is 1. The third kappa shape index (κ3) is 3.12. The second-order valence-corrected chi connectivity index (χ2v) is 7.48. The van der Waals surface area contributed by atoms with E-state index in [1.807, 2.05) is 6.92 Å². The minimum Gasteiger partial charge on any atom is -0.369 e. The summed E-state index contributed by atoms with van der Waals surface area (Å²) in [5, 5.41) is -0.333. The van der Waals surface area contributed by atoms with Crippen molar-refractivity contribution < 1.29 is 12.8 Å². The van der Waals surface area contributed by atoms with Crippen LogP contribution in [0.5, 0.6) is 0 Å². The third-order valence-electron chi connectivity index (χ3n) is 3.87. The third-order valence-corrected chi connectivity index (χ3v) is 6.31. The first-order valence-electron chi connectivity index (χ1n) is 6.94. The summed E-state index contributed by atoms with van der Waals surface area (Å²) in [6.07, 6.45) is 0.626. The van der Waals surface area contributed by atoms with Crippen LogP contribution in [0.25, 0.3) is 0 Å². The number of hydrogen-bond donors (Lipinski definition) is 0.